The van der Waals surface area contributed by atoms with Crippen molar-refractivity contribution in [3.05, 3.63) is 34.9 Å². The van der Waals surface area contributed by atoms with Gasteiger partial charge in [0.05, 0.1) is 13.2 Å². The third kappa shape index (κ3) is 5.28. The number of aliphatic hydroxyl groups excluding tert-OH is 1. The van der Waals surface area contributed by atoms with Crippen molar-refractivity contribution in [3.8, 4) is 11.8 Å². The highest BCUT2D eigenvalue weighted by atomic mass is 16.2. The van der Waals surface area contributed by atoms with Gasteiger partial charge in [-0.25, -0.2) is 0 Å². The Hall–Kier alpha value is -2.32. The maximum Gasteiger partial charge on any atom is 0.251 e. The molecule has 5 heteroatoms. The molecule has 0 atom stereocenters. The number of rotatable bonds is 4. The summed E-state index contributed by atoms with van der Waals surface area (Å²) in [5.74, 6) is 5.34. The number of hydrogen-bond acceptors (Lipinski definition) is 3. The van der Waals surface area contributed by atoms with Gasteiger partial charge in [0.2, 0.25) is 5.91 Å². The van der Waals surface area contributed by atoms with E-state index in [2.05, 4.69) is 17.2 Å². The first-order valence-corrected chi connectivity index (χ1v) is 6.64. The van der Waals surface area contributed by atoms with E-state index in [1.54, 1.807) is 32.3 Å². The Kier molecular flexibility index (Phi) is 6.44. The molecule has 0 aromatic heterocycles. The standard InChI is InChI=1S/C16H20N2O3/c1-12-10-14(8-7-13(12)6-4-5-9-19)16(21)17-11-15(20)18(2)3/h7-8,10,19H,5,9,11H2,1-3H3,(H,17,21). The van der Waals surface area contributed by atoms with E-state index < -0.39 is 0 Å². The van der Waals surface area contributed by atoms with Crippen molar-refractivity contribution in [2.45, 2.75) is 13.3 Å². The van der Waals surface area contributed by atoms with Crippen LogP contribution in [0.1, 0.15) is 27.9 Å². The second kappa shape index (κ2) is 8.08. The molecule has 1 aromatic rings. The lowest BCUT2D eigenvalue weighted by molar-refractivity contribution is -0.127. The van der Waals surface area contributed by atoms with Crippen LogP contribution < -0.4 is 5.32 Å². The van der Waals surface area contributed by atoms with Crippen LogP contribution in [0.25, 0.3) is 0 Å². The molecule has 0 saturated carbocycles. The molecule has 2 N–H and O–H groups in total. The van der Waals surface area contributed by atoms with E-state index in [1.165, 1.54) is 4.90 Å². The van der Waals surface area contributed by atoms with Crippen molar-refractivity contribution in [1.82, 2.24) is 10.2 Å². The number of likely N-dealkylation sites (N-methyl/N-ethyl adjacent to an activating group) is 1. The van der Waals surface area contributed by atoms with Crippen LogP contribution in [-0.2, 0) is 4.79 Å². The Morgan fingerprint density at radius 3 is 2.62 bits per heavy atom. The Bertz CT molecular complexity index is 583. The van der Waals surface area contributed by atoms with Gasteiger partial charge in [0, 0.05) is 31.6 Å². The number of amides is 2. The average molecular weight is 288 g/mol. The molecule has 112 valence electrons. The first-order chi connectivity index (χ1) is 9.95. The molecule has 0 unspecified atom stereocenters. The van der Waals surface area contributed by atoms with Crippen LogP contribution in [0.15, 0.2) is 18.2 Å². The fraction of sp³-hybridized carbons (Fsp3) is 0.375. The van der Waals surface area contributed by atoms with Gasteiger partial charge in [-0.1, -0.05) is 11.8 Å². The molecule has 0 radical (unpaired) electrons. The SMILES string of the molecule is Cc1cc(C(=O)NCC(=O)N(C)C)ccc1C#CCCO. The first-order valence-electron chi connectivity index (χ1n) is 6.64. The Morgan fingerprint density at radius 2 is 2.05 bits per heavy atom. The molecule has 0 spiro atoms. The zero-order valence-electron chi connectivity index (χ0n) is 12.6. The lowest BCUT2D eigenvalue weighted by Crippen LogP contribution is -2.36. The monoisotopic (exact) mass is 288 g/mol. The highest BCUT2D eigenvalue weighted by Crippen LogP contribution is 2.10. The van der Waals surface area contributed by atoms with E-state index in [4.69, 9.17) is 5.11 Å². The molecular weight excluding hydrogens is 268 g/mol. The van der Waals surface area contributed by atoms with Crippen LogP contribution in [0.2, 0.25) is 0 Å². The number of hydrogen-bond donors (Lipinski definition) is 2. The Labute approximate surface area is 125 Å². The van der Waals surface area contributed by atoms with Gasteiger partial charge in [0.1, 0.15) is 0 Å². The lowest BCUT2D eigenvalue weighted by atomic mass is 10.0. The van der Waals surface area contributed by atoms with Gasteiger partial charge in [-0.05, 0) is 30.7 Å². The second-order valence-corrected chi connectivity index (χ2v) is 4.78. The molecule has 0 fully saturated rings. The van der Waals surface area contributed by atoms with Crippen LogP contribution in [0, 0.1) is 18.8 Å². The van der Waals surface area contributed by atoms with Crippen LogP contribution in [0.4, 0.5) is 0 Å². The van der Waals surface area contributed by atoms with Gasteiger partial charge in [0.25, 0.3) is 5.91 Å². The van der Waals surface area contributed by atoms with Crippen LogP contribution >= 0.6 is 0 Å². The predicted octanol–water partition coefficient (Wildman–Crippen LogP) is 0.547. The van der Waals surface area contributed by atoms with E-state index >= 15 is 0 Å². The molecule has 0 aliphatic heterocycles. The summed E-state index contributed by atoms with van der Waals surface area (Å²) < 4.78 is 0. The summed E-state index contributed by atoms with van der Waals surface area (Å²) in [6.07, 6.45) is 0.425. The molecule has 0 heterocycles. The third-order valence-electron chi connectivity index (χ3n) is 2.85. The number of aliphatic hydroxyl groups is 1. The minimum Gasteiger partial charge on any atom is -0.395 e. The van der Waals surface area contributed by atoms with E-state index in [9.17, 15) is 9.59 Å². The molecule has 0 aliphatic rings. The van der Waals surface area contributed by atoms with Gasteiger partial charge < -0.3 is 15.3 Å². The van der Waals surface area contributed by atoms with Gasteiger partial charge in [-0.2, -0.15) is 0 Å². The molecule has 21 heavy (non-hydrogen) atoms. The van der Waals surface area contributed by atoms with Crippen LogP contribution in [0.5, 0.6) is 0 Å². The number of nitrogens with zero attached hydrogens (tertiary/aromatic N) is 1. The number of nitrogens with one attached hydrogen (secondary N) is 1. The minimum atomic E-state index is -0.289. The number of benzene rings is 1. The maximum atomic E-state index is 11.9. The van der Waals surface area contributed by atoms with Gasteiger partial charge in [-0.15, -0.1) is 0 Å². The molecule has 1 rings (SSSR count). The predicted molar refractivity (Wildman–Crippen MR) is 80.8 cm³/mol. The largest absolute Gasteiger partial charge is 0.395 e. The van der Waals surface area contributed by atoms with Crippen molar-refractivity contribution in [1.29, 1.82) is 0 Å². The number of carbonyl (C=O) groups excluding carboxylic acids is 2. The highest BCUT2D eigenvalue weighted by Gasteiger charge is 2.10. The normalized spacial score (nSPS) is 9.52. The highest BCUT2D eigenvalue weighted by molar-refractivity contribution is 5.96. The van der Waals surface area contributed by atoms with Gasteiger partial charge in [-0.3, -0.25) is 9.59 Å². The van der Waals surface area contributed by atoms with E-state index in [-0.39, 0.29) is 25.0 Å². The van der Waals surface area contributed by atoms with Crippen LogP contribution in [-0.4, -0.2) is 49.1 Å². The summed E-state index contributed by atoms with van der Waals surface area (Å²) >= 11 is 0. The summed E-state index contributed by atoms with van der Waals surface area (Å²) in [6.45, 7) is 1.88. The van der Waals surface area contributed by atoms with Crippen LogP contribution in [0.3, 0.4) is 0 Å². The van der Waals surface area contributed by atoms with Crippen molar-refractivity contribution in [2.24, 2.45) is 0 Å². The fourth-order valence-electron chi connectivity index (χ4n) is 1.57. The van der Waals surface area contributed by atoms with Crippen molar-refractivity contribution < 1.29 is 14.7 Å². The molecule has 0 saturated heterocycles. The summed E-state index contributed by atoms with van der Waals surface area (Å²) in [7, 11) is 3.27. The zero-order chi connectivity index (χ0) is 15.8. The number of aryl methyl sites for hydroxylation is 1. The molecule has 0 aliphatic carbocycles. The Balaban J connectivity index is 2.73. The first kappa shape index (κ1) is 16.7. The molecular formula is C16H20N2O3. The average Bonchev–Trinajstić information content (AvgIpc) is 2.46. The molecule has 5 nitrogen and oxygen atoms in total. The van der Waals surface area contributed by atoms with Crippen molar-refractivity contribution >= 4 is 11.8 Å². The van der Waals surface area contributed by atoms with Gasteiger partial charge in [0.15, 0.2) is 0 Å². The van der Waals surface area contributed by atoms with E-state index in [1.807, 2.05) is 6.92 Å². The summed E-state index contributed by atoms with van der Waals surface area (Å²) in [4.78, 5) is 24.8. The number of carbonyl (C=O) groups is 2. The smallest absolute Gasteiger partial charge is 0.251 e. The third-order valence-corrected chi connectivity index (χ3v) is 2.85. The maximum absolute atomic E-state index is 11.9. The topological polar surface area (TPSA) is 69.6 Å². The van der Waals surface area contributed by atoms with Crippen molar-refractivity contribution in [3.63, 3.8) is 0 Å². The summed E-state index contributed by atoms with van der Waals surface area (Å²) in [5, 5.41) is 11.3. The second-order valence-electron chi connectivity index (χ2n) is 4.78. The minimum absolute atomic E-state index is 0.0249. The summed E-state index contributed by atoms with van der Waals surface area (Å²) in [5.41, 5.74) is 2.20. The zero-order valence-corrected chi connectivity index (χ0v) is 12.6. The quantitative estimate of drug-likeness (QED) is 0.795. The van der Waals surface area contributed by atoms with Crippen molar-refractivity contribution in [2.75, 3.05) is 27.2 Å². The summed E-state index contributed by atoms with van der Waals surface area (Å²) in [6, 6.07) is 5.17. The van der Waals surface area contributed by atoms with Gasteiger partial charge >= 0.3 is 0 Å². The lowest BCUT2D eigenvalue weighted by Gasteiger charge is -2.11. The fourth-order valence-corrected chi connectivity index (χ4v) is 1.57. The molecule has 0 bridgehead atoms. The van der Waals surface area contributed by atoms with E-state index in [0.29, 0.717) is 12.0 Å². The molecule has 1 aromatic carbocycles. The molecule has 2 amide bonds. The van der Waals surface area contributed by atoms with E-state index in [0.717, 1.165) is 11.1 Å². The Morgan fingerprint density at radius 1 is 1.33 bits per heavy atom.